The number of esters is 1. The van der Waals surface area contributed by atoms with E-state index in [1.165, 1.54) is 13.5 Å². The van der Waals surface area contributed by atoms with E-state index in [0.29, 0.717) is 11.8 Å². The van der Waals surface area contributed by atoms with Crippen molar-refractivity contribution in [2.75, 3.05) is 7.11 Å². The highest BCUT2D eigenvalue weighted by atomic mass is 16.6. The number of alkyl carbamates (subject to hydrolysis) is 1. The van der Waals surface area contributed by atoms with Gasteiger partial charge >= 0.3 is 12.1 Å². The van der Waals surface area contributed by atoms with Gasteiger partial charge in [-0.25, -0.2) is 9.59 Å². The van der Waals surface area contributed by atoms with Gasteiger partial charge in [0.1, 0.15) is 11.6 Å². The van der Waals surface area contributed by atoms with Gasteiger partial charge in [0.15, 0.2) is 0 Å². The van der Waals surface area contributed by atoms with E-state index in [1.807, 2.05) is 0 Å². The third kappa shape index (κ3) is 2.73. The second-order valence-corrected chi connectivity index (χ2v) is 7.29. The Labute approximate surface area is 124 Å². The normalized spacial score (nSPS) is 41.5. The van der Waals surface area contributed by atoms with Crippen molar-refractivity contribution in [3.8, 4) is 0 Å². The molecule has 0 saturated heterocycles. The first kappa shape index (κ1) is 14.6. The Morgan fingerprint density at radius 1 is 1.24 bits per heavy atom. The number of rotatable bonds is 3. The fraction of sp³-hybridized carbons (Fsp3) is 0.867. The van der Waals surface area contributed by atoms with Crippen molar-refractivity contribution in [2.45, 2.75) is 62.6 Å². The smallest absolute Gasteiger partial charge is 0.408 e. The monoisotopic (exact) mass is 296 g/mol. The lowest BCUT2D eigenvalue weighted by Crippen LogP contribution is -2.64. The second-order valence-electron chi connectivity index (χ2n) is 7.29. The van der Waals surface area contributed by atoms with Crippen LogP contribution in [0.2, 0.25) is 0 Å². The Morgan fingerprint density at radius 3 is 2.38 bits per heavy atom. The van der Waals surface area contributed by atoms with Gasteiger partial charge in [-0.2, -0.15) is 0 Å². The van der Waals surface area contributed by atoms with E-state index in [4.69, 9.17) is 10.5 Å². The molecule has 4 fully saturated rings. The molecule has 0 radical (unpaired) electrons. The molecule has 0 aromatic rings. The first-order chi connectivity index (χ1) is 9.83. The Balaban J connectivity index is 1.64. The standard InChI is InChI=1S/C15H24N2O4/c1-9(12(18)20-2)17-13(19)21-15-6-10-3-11(7-15)5-14(16,4-10)8-15/h9-11H,3-8,16H2,1-2H3,(H,17,19)/t9-,10?,11?,14?,15?/m0/s1. The zero-order valence-corrected chi connectivity index (χ0v) is 12.7. The summed E-state index contributed by atoms with van der Waals surface area (Å²) in [5.41, 5.74) is 5.87. The van der Waals surface area contributed by atoms with Crippen LogP contribution in [-0.4, -0.2) is 36.4 Å². The molecule has 4 bridgehead atoms. The van der Waals surface area contributed by atoms with Crippen LogP contribution in [-0.2, 0) is 14.3 Å². The molecular formula is C15H24N2O4. The van der Waals surface area contributed by atoms with Crippen molar-refractivity contribution in [2.24, 2.45) is 17.6 Å². The largest absolute Gasteiger partial charge is 0.467 e. The summed E-state index contributed by atoms with van der Waals surface area (Å²) in [4.78, 5) is 23.4. The van der Waals surface area contributed by atoms with Gasteiger partial charge in [0.25, 0.3) is 0 Å². The molecule has 2 unspecified atom stereocenters. The van der Waals surface area contributed by atoms with Crippen LogP contribution in [0.5, 0.6) is 0 Å². The van der Waals surface area contributed by atoms with Crippen molar-refractivity contribution >= 4 is 12.1 Å². The zero-order chi connectivity index (χ0) is 15.3. The number of hydrogen-bond acceptors (Lipinski definition) is 5. The van der Waals surface area contributed by atoms with Gasteiger partial charge < -0.3 is 20.5 Å². The number of methoxy groups -OCH3 is 1. The molecule has 1 amide bonds. The maximum Gasteiger partial charge on any atom is 0.408 e. The van der Waals surface area contributed by atoms with Gasteiger partial charge in [-0.1, -0.05) is 0 Å². The Kier molecular flexibility index (Phi) is 3.39. The summed E-state index contributed by atoms with van der Waals surface area (Å²) < 4.78 is 10.3. The minimum Gasteiger partial charge on any atom is -0.467 e. The molecule has 0 spiro atoms. The fourth-order valence-electron chi connectivity index (χ4n) is 5.01. The van der Waals surface area contributed by atoms with Crippen LogP contribution in [0.25, 0.3) is 0 Å². The molecular weight excluding hydrogens is 272 g/mol. The molecule has 3 atom stereocenters. The first-order valence-corrected chi connectivity index (χ1v) is 7.69. The predicted molar refractivity (Wildman–Crippen MR) is 75.4 cm³/mol. The van der Waals surface area contributed by atoms with Gasteiger partial charge in [-0.15, -0.1) is 0 Å². The van der Waals surface area contributed by atoms with Crippen LogP contribution >= 0.6 is 0 Å². The highest BCUT2D eigenvalue weighted by Gasteiger charge is 2.58. The highest BCUT2D eigenvalue weighted by Crippen LogP contribution is 2.57. The average Bonchev–Trinajstić information content (AvgIpc) is 2.33. The van der Waals surface area contributed by atoms with E-state index < -0.39 is 23.7 Å². The van der Waals surface area contributed by atoms with Gasteiger partial charge in [0.05, 0.1) is 7.11 Å². The SMILES string of the molecule is COC(=O)[C@H](C)NC(=O)OC12CC3CC(CC(N)(C3)C1)C2. The molecule has 3 N–H and O–H groups in total. The van der Waals surface area contributed by atoms with Gasteiger partial charge in [-0.3, -0.25) is 0 Å². The summed E-state index contributed by atoms with van der Waals surface area (Å²) in [5.74, 6) is 0.664. The zero-order valence-electron chi connectivity index (χ0n) is 12.7. The molecule has 6 heteroatoms. The number of nitrogens with one attached hydrogen (secondary N) is 1. The number of amides is 1. The maximum atomic E-state index is 12.1. The first-order valence-electron chi connectivity index (χ1n) is 7.69. The highest BCUT2D eigenvalue weighted by molar-refractivity contribution is 5.80. The molecule has 4 aliphatic carbocycles. The van der Waals surface area contributed by atoms with Crippen LogP contribution in [0.1, 0.15) is 45.4 Å². The minimum atomic E-state index is -0.705. The molecule has 4 aliphatic rings. The molecule has 0 aliphatic heterocycles. The van der Waals surface area contributed by atoms with Crippen molar-refractivity contribution in [3.63, 3.8) is 0 Å². The number of carbonyl (C=O) groups is 2. The number of nitrogens with two attached hydrogens (primary N) is 1. The topological polar surface area (TPSA) is 90.6 Å². The Bertz CT molecular complexity index is 451. The summed E-state index contributed by atoms with van der Waals surface area (Å²) in [6.07, 6.45) is 5.32. The molecule has 4 saturated carbocycles. The Morgan fingerprint density at radius 2 is 1.86 bits per heavy atom. The number of carbonyl (C=O) groups excluding carboxylic acids is 2. The lowest BCUT2D eigenvalue weighted by molar-refractivity contribution is -0.145. The van der Waals surface area contributed by atoms with Crippen LogP contribution < -0.4 is 11.1 Å². The molecule has 118 valence electrons. The van der Waals surface area contributed by atoms with Gasteiger partial charge in [-0.05, 0) is 50.9 Å². The quantitative estimate of drug-likeness (QED) is 0.767. The van der Waals surface area contributed by atoms with E-state index in [0.717, 1.165) is 32.1 Å². The molecule has 6 nitrogen and oxygen atoms in total. The Hall–Kier alpha value is -1.30. The van der Waals surface area contributed by atoms with Crippen molar-refractivity contribution in [1.29, 1.82) is 0 Å². The molecule has 0 aromatic heterocycles. The third-order valence-electron chi connectivity index (χ3n) is 5.25. The molecule has 21 heavy (non-hydrogen) atoms. The molecule has 4 rings (SSSR count). The summed E-state index contributed by atoms with van der Waals surface area (Å²) >= 11 is 0. The molecule has 0 aromatic carbocycles. The average molecular weight is 296 g/mol. The minimum absolute atomic E-state index is 0.168. The van der Waals surface area contributed by atoms with Crippen molar-refractivity contribution < 1.29 is 19.1 Å². The van der Waals surface area contributed by atoms with Crippen molar-refractivity contribution in [1.82, 2.24) is 5.32 Å². The van der Waals surface area contributed by atoms with E-state index in [9.17, 15) is 9.59 Å². The van der Waals surface area contributed by atoms with Crippen LogP contribution in [0.3, 0.4) is 0 Å². The van der Waals surface area contributed by atoms with Crippen LogP contribution in [0.4, 0.5) is 4.79 Å². The van der Waals surface area contributed by atoms with Crippen molar-refractivity contribution in [3.05, 3.63) is 0 Å². The summed E-state index contributed by atoms with van der Waals surface area (Å²) in [6.45, 7) is 1.58. The van der Waals surface area contributed by atoms with E-state index >= 15 is 0 Å². The van der Waals surface area contributed by atoms with Gasteiger partial charge in [0, 0.05) is 12.0 Å². The lowest BCUT2D eigenvalue weighted by Gasteiger charge is -2.59. The van der Waals surface area contributed by atoms with Crippen LogP contribution in [0.15, 0.2) is 0 Å². The lowest BCUT2D eigenvalue weighted by atomic mass is 9.51. The third-order valence-corrected chi connectivity index (χ3v) is 5.25. The predicted octanol–water partition coefficient (Wildman–Crippen LogP) is 1.32. The maximum absolute atomic E-state index is 12.1. The second kappa shape index (κ2) is 4.87. The van der Waals surface area contributed by atoms with E-state index in [-0.39, 0.29) is 5.54 Å². The number of ether oxygens (including phenoxy) is 2. The van der Waals surface area contributed by atoms with E-state index in [2.05, 4.69) is 10.1 Å². The fourth-order valence-corrected chi connectivity index (χ4v) is 5.01. The van der Waals surface area contributed by atoms with Gasteiger partial charge in [0.2, 0.25) is 0 Å². The van der Waals surface area contributed by atoms with Crippen LogP contribution in [0, 0.1) is 11.8 Å². The summed E-state index contributed by atoms with van der Waals surface area (Å²) in [5, 5.41) is 2.54. The summed E-state index contributed by atoms with van der Waals surface area (Å²) in [6, 6.07) is -0.705. The van der Waals surface area contributed by atoms with E-state index in [1.54, 1.807) is 6.92 Å². The number of hydrogen-bond donors (Lipinski definition) is 2. The summed E-state index contributed by atoms with van der Waals surface area (Å²) in [7, 11) is 1.29. The molecule has 0 heterocycles.